The molecule has 1 N–H and O–H groups in total. The number of aromatic nitrogens is 2. The van der Waals surface area contributed by atoms with Gasteiger partial charge in [0.2, 0.25) is 0 Å². The molecule has 8 nitrogen and oxygen atoms in total. The fraction of sp³-hybridized carbons (Fsp3) is 0.0370. The Labute approximate surface area is 221 Å². The van der Waals surface area contributed by atoms with Crippen molar-refractivity contribution in [3.63, 3.8) is 0 Å². The highest BCUT2D eigenvalue weighted by Crippen LogP contribution is 2.29. The van der Waals surface area contributed by atoms with E-state index in [1.165, 1.54) is 12.1 Å². The molecule has 0 aliphatic rings. The summed E-state index contributed by atoms with van der Waals surface area (Å²) in [4.78, 5) is 20.0. The van der Waals surface area contributed by atoms with E-state index in [1.54, 1.807) is 42.5 Å². The second-order valence-corrected chi connectivity index (χ2v) is 11.1. The van der Waals surface area contributed by atoms with Gasteiger partial charge in [0.15, 0.2) is 15.7 Å². The molecule has 0 saturated carbocycles. The molecular weight excluding hydrogens is 556 g/mol. The summed E-state index contributed by atoms with van der Waals surface area (Å²) in [7, 11) is -3.69. The number of non-ortho nitro benzene ring substituents is 1. The summed E-state index contributed by atoms with van der Waals surface area (Å²) in [6, 6.07) is 27.4. The van der Waals surface area contributed by atoms with Crippen LogP contribution in [-0.2, 0) is 15.6 Å². The molecule has 0 saturated heterocycles. The number of para-hydroxylation sites is 2. The van der Waals surface area contributed by atoms with Gasteiger partial charge in [0.05, 0.1) is 26.5 Å². The molecule has 10 heteroatoms. The Hall–Kier alpha value is -4.15. The van der Waals surface area contributed by atoms with E-state index in [0.717, 1.165) is 15.6 Å². The van der Waals surface area contributed by atoms with Crippen molar-refractivity contribution in [2.24, 2.45) is 0 Å². The minimum atomic E-state index is -3.69. The second-order valence-electron chi connectivity index (χ2n) is 8.23. The largest absolute Gasteiger partial charge is 0.339 e. The van der Waals surface area contributed by atoms with Crippen LogP contribution in [-0.4, -0.2) is 23.3 Å². The van der Waals surface area contributed by atoms with Gasteiger partial charge in [-0.1, -0.05) is 40.2 Å². The van der Waals surface area contributed by atoms with E-state index in [4.69, 9.17) is 0 Å². The molecule has 1 aromatic heterocycles. The van der Waals surface area contributed by atoms with E-state index >= 15 is 0 Å². The molecule has 0 atom stereocenters. The molecule has 0 aliphatic heterocycles. The van der Waals surface area contributed by atoms with Gasteiger partial charge in [-0.3, -0.25) is 10.1 Å². The van der Waals surface area contributed by atoms with Gasteiger partial charge in [-0.05, 0) is 71.8 Å². The van der Waals surface area contributed by atoms with Gasteiger partial charge in [0.1, 0.15) is 5.75 Å². The average molecular weight is 575 g/mol. The van der Waals surface area contributed by atoms with Crippen molar-refractivity contribution in [1.82, 2.24) is 9.97 Å². The van der Waals surface area contributed by atoms with Crippen LogP contribution in [0.5, 0.6) is 0 Å². The van der Waals surface area contributed by atoms with Gasteiger partial charge < -0.3 is 5.32 Å². The lowest BCUT2D eigenvalue weighted by molar-refractivity contribution is -0.384. The monoisotopic (exact) mass is 574 g/mol. The van der Waals surface area contributed by atoms with Crippen LogP contribution in [0.25, 0.3) is 22.2 Å². The van der Waals surface area contributed by atoms with Crippen LogP contribution < -0.4 is 5.32 Å². The maximum atomic E-state index is 13.2. The molecule has 5 rings (SSSR count). The van der Waals surface area contributed by atoms with Crippen molar-refractivity contribution >= 4 is 54.0 Å². The molecule has 0 bridgehead atoms. The zero-order chi connectivity index (χ0) is 26.0. The Morgan fingerprint density at radius 2 is 1.49 bits per heavy atom. The number of fused-ring (bicyclic) bond motifs is 1. The van der Waals surface area contributed by atoms with Crippen molar-refractivity contribution in [2.75, 3.05) is 5.32 Å². The fourth-order valence-corrected chi connectivity index (χ4v) is 5.37. The minimum absolute atomic E-state index is 0.0149. The Kier molecular flexibility index (Phi) is 6.68. The molecule has 0 amide bonds. The zero-order valence-corrected chi connectivity index (χ0v) is 21.6. The van der Waals surface area contributed by atoms with E-state index in [2.05, 4.69) is 31.2 Å². The van der Waals surface area contributed by atoms with Crippen molar-refractivity contribution in [1.29, 1.82) is 0 Å². The van der Waals surface area contributed by atoms with Crippen LogP contribution in [0.4, 0.5) is 17.2 Å². The lowest BCUT2D eigenvalue weighted by Crippen LogP contribution is -2.10. The number of nitro benzene ring substituents is 1. The van der Waals surface area contributed by atoms with E-state index in [0.29, 0.717) is 28.2 Å². The van der Waals surface area contributed by atoms with Crippen molar-refractivity contribution in [3.8, 4) is 11.1 Å². The fourth-order valence-electron chi connectivity index (χ4n) is 3.83. The number of sulfone groups is 1. The van der Waals surface area contributed by atoms with Crippen LogP contribution in [0.1, 0.15) is 5.69 Å². The van der Waals surface area contributed by atoms with E-state index in [9.17, 15) is 18.5 Å². The molecule has 37 heavy (non-hydrogen) atoms. The van der Waals surface area contributed by atoms with Crippen molar-refractivity contribution in [2.45, 2.75) is 10.6 Å². The molecule has 1 heterocycles. The average Bonchev–Trinajstić information content (AvgIpc) is 2.89. The lowest BCUT2D eigenvalue weighted by Gasteiger charge is -2.13. The Balaban J connectivity index is 1.51. The SMILES string of the molecule is O=[N+]([O-])c1ccc(-c2cccc(Nc3nc4ccccc4nc3CS(=O)(=O)c3ccc(Br)cc3)c2)cc1. The highest BCUT2D eigenvalue weighted by Gasteiger charge is 2.20. The maximum Gasteiger partial charge on any atom is 0.269 e. The number of rotatable bonds is 7. The first kappa shape index (κ1) is 24.5. The molecule has 0 aliphatic carbocycles. The maximum absolute atomic E-state index is 13.2. The topological polar surface area (TPSA) is 115 Å². The number of benzene rings is 4. The highest BCUT2D eigenvalue weighted by molar-refractivity contribution is 9.10. The van der Waals surface area contributed by atoms with Crippen LogP contribution in [0.3, 0.4) is 0 Å². The number of nitrogens with one attached hydrogen (secondary N) is 1. The van der Waals surface area contributed by atoms with Gasteiger partial charge >= 0.3 is 0 Å². The van der Waals surface area contributed by atoms with E-state index in [-0.39, 0.29) is 16.3 Å². The standard InChI is InChI=1S/C27H19BrN4O4S/c28-20-10-14-23(15-11-20)37(35,36)17-26-27(31-25-7-2-1-6-24(25)30-26)29-21-5-3-4-19(16-21)18-8-12-22(13-9-18)32(33)34/h1-16H,17H2,(H,29,31). The third kappa shape index (κ3) is 5.50. The zero-order valence-electron chi connectivity index (χ0n) is 19.2. The number of anilines is 2. The van der Waals surface area contributed by atoms with Gasteiger partial charge in [-0.15, -0.1) is 0 Å². The molecular formula is C27H19BrN4O4S. The number of hydrogen-bond acceptors (Lipinski definition) is 7. The molecule has 5 aromatic rings. The normalized spacial score (nSPS) is 11.4. The quantitative estimate of drug-likeness (QED) is 0.170. The first-order chi connectivity index (χ1) is 17.8. The summed E-state index contributed by atoms with van der Waals surface area (Å²) in [6.07, 6.45) is 0. The highest BCUT2D eigenvalue weighted by atomic mass is 79.9. The second kappa shape index (κ2) is 10.1. The summed E-state index contributed by atoms with van der Waals surface area (Å²) < 4.78 is 27.2. The molecule has 0 radical (unpaired) electrons. The van der Waals surface area contributed by atoms with E-state index in [1.807, 2.05) is 42.5 Å². The summed E-state index contributed by atoms with van der Waals surface area (Å²) in [5.74, 6) is -0.00291. The molecule has 4 aromatic carbocycles. The Morgan fingerprint density at radius 1 is 0.811 bits per heavy atom. The lowest BCUT2D eigenvalue weighted by atomic mass is 10.0. The van der Waals surface area contributed by atoms with Crippen LogP contribution in [0, 0.1) is 10.1 Å². The van der Waals surface area contributed by atoms with Gasteiger partial charge in [0, 0.05) is 22.3 Å². The number of nitrogens with zero attached hydrogens (tertiary/aromatic N) is 3. The summed E-state index contributed by atoms with van der Waals surface area (Å²) in [5.41, 5.74) is 3.83. The third-order valence-electron chi connectivity index (χ3n) is 5.68. The Morgan fingerprint density at radius 3 is 2.16 bits per heavy atom. The third-order valence-corrected chi connectivity index (χ3v) is 7.85. The molecule has 0 spiro atoms. The van der Waals surface area contributed by atoms with Gasteiger partial charge in [0.25, 0.3) is 5.69 Å². The predicted octanol–water partition coefficient (Wildman–Crippen LogP) is 6.69. The molecule has 0 fully saturated rings. The van der Waals surface area contributed by atoms with Crippen LogP contribution >= 0.6 is 15.9 Å². The van der Waals surface area contributed by atoms with Gasteiger partial charge in [-0.2, -0.15) is 0 Å². The van der Waals surface area contributed by atoms with Crippen LogP contribution in [0.15, 0.2) is 106 Å². The smallest absolute Gasteiger partial charge is 0.269 e. The number of nitro groups is 1. The van der Waals surface area contributed by atoms with Crippen molar-refractivity contribution in [3.05, 3.63) is 117 Å². The molecule has 184 valence electrons. The Bertz CT molecular complexity index is 1720. The summed E-state index contributed by atoms with van der Waals surface area (Å²) >= 11 is 3.33. The first-order valence-electron chi connectivity index (χ1n) is 11.1. The summed E-state index contributed by atoms with van der Waals surface area (Å²) in [5, 5.41) is 14.2. The van der Waals surface area contributed by atoms with Crippen molar-refractivity contribution < 1.29 is 13.3 Å². The minimum Gasteiger partial charge on any atom is -0.339 e. The van der Waals surface area contributed by atoms with E-state index < -0.39 is 14.8 Å². The van der Waals surface area contributed by atoms with Crippen LogP contribution in [0.2, 0.25) is 0 Å². The number of halogens is 1. The van der Waals surface area contributed by atoms with Gasteiger partial charge in [-0.25, -0.2) is 18.4 Å². The molecule has 0 unspecified atom stereocenters. The number of hydrogen-bond donors (Lipinski definition) is 1. The predicted molar refractivity (Wildman–Crippen MR) is 146 cm³/mol. The summed E-state index contributed by atoms with van der Waals surface area (Å²) in [6.45, 7) is 0. The first-order valence-corrected chi connectivity index (χ1v) is 13.6.